The molecule has 1 N–H and O–H groups in total. The quantitative estimate of drug-likeness (QED) is 0.404. The lowest BCUT2D eigenvalue weighted by molar-refractivity contribution is 0.102. The largest absolute Gasteiger partial charge is 0.322 e. The number of amides is 1. The van der Waals surface area contributed by atoms with Crippen molar-refractivity contribution in [3.63, 3.8) is 0 Å². The number of nitrogens with zero attached hydrogens (tertiary/aromatic N) is 4. The fourth-order valence-corrected chi connectivity index (χ4v) is 4.15. The maximum absolute atomic E-state index is 13.3. The number of thiazole rings is 1. The molecular weight excluding hydrogens is 406 g/mol. The molecule has 152 valence electrons. The third kappa shape index (κ3) is 3.71. The molecule has 31 heavy (non-hydrogen) atoms. The van der Waals surface area contributed by atoms with Gasteiger partial charge in [-0.05, 0) is 25.1 Å². The highest BCUT2D eigenvalue weighted by molar-refractivity contribution is 7.13. The smallest absolute Gasteiger partial charge is 0.256 e. The van der Waals surface area contributed by atoms with Crippen molar-refractivity contribution in [1.82, 2.24) is 19.7 Å². The lowest BCUT2D eigenvalue weighted by Gasteiger charge is -2.10. The number of hydrogen-bond donors (Lipinski definition) is 1. The van der Waals surface area contributed by atoms with E-state index < -0.39 is 0 Å². The van der Waals surface area contributed by atoms with Crippen molar-refractivity contribution in [3.05, 3.63) is 84.0 Å². The number of carbonyl (C=O) groups excluding carboxylic acids is 1. The second-order valence-corrected chi connectivity index (χ2v) is 7.89. The Hall–Kier alpha value is -3.84. The van der Waals surface area contributed by atoms with E-state index in [1.807, 2.05) is 77.6 Å². The standard InChI is InChI=1S/C24H19N5OS/c1-2-29-22-20(15-26-29)19(14-21(28-22)16-7-4-3-5-8-16)23(30)27-18-10-6-9-17(13-18)24-25-11-12-31-24/h3-15H,2H2,1H3,(H,27,30). The molecule has 2 aromatic carbocycles. The number of pyridine rings is 1. The molecule has 5 rings (SSSR count). The van der Waals surface area contributed by atoms with E-state index in [2.05, 4.69) is 15.4 Å². The summed E-state index contributed by atoms with van der Waals surface area (Å²) in [6, 6.07) is 19.4. The molecule has 0 aliphatic rings. The molecule has 0 spiro atoms. The van der Waals surface area contributed by atoms with E-state index in [-0.39, 0.29) is 5.91 Å². The first kappa shape index (κ1) is 19.1. The van der Waals surface area contributed by atoms with E-state index in [0.717, 1.165) is 27.2 Å². The van der Waals surface area contributed by atoms with Gasteiger partial charge < -0.3 is 5.32 Å². The van der Waals surface area contributed by atoms with E-state index in [0.29, 0.717) is 23.4 Å². The molecule has 0 saturated carbocycles. The van der Waals surface area contributed by atoms with Gasteiger partial charge in [-0.15, -0.1) is 11.3 Å². The lowest BCUT2D eigenvalue weighted by Crippen LogP contribution is -2.13. The molecule has 7 heteroatoms. The van der Waals surface area contributed by atoms with Crippen LogP contribution in [0.15, 0.2) is 78.4 Å². The number of nitrogens with one attached hydrogen (secondary N) is 1. The van der Waals surface area contributed by atoms with Gasteiger partial charge in [0, 0.05) is 34.9 Å². The number of rotatable bonds is 5. The predicted octanol–water partition coefficient (Wildman–Crippen LogP) is 5.49. The molecule has 6 nitrogen and oxygen atoms in total. The number of aromatic nitrogens is 4. The van der Waals surface area contributed by atoms with Gasteiger partial charge in [-0.1, -0.05) is 42.5 Å². The van der Waals surface area contributed by atoms with Crippen molar-refractivity contribution in [2.75, 3.05) is 5.32 Å². The Morgan fingerprint density at radius 1 is 1.06 bits per heavy atom. The molecule has 3 heterocycles. The van der Waals surface area contributed by atoms with Gasteiger partial charge in [0.1, 0.15) is 5.01 Å². The Bertz CT molecular complexity index is 1360. The maximum Gasteiger partial charge on any atom is 0.256 e. The van der Waals surface area contributed by atoms with E-state index in [1.54, 1.807) is 23.7 Å². The predicted molar refractivity (Wildman–Crippen MR) is 124 cm³/mol. The zero-order valence-electron chi connectivity index (χ0n) is 16.8. The Morgan fingerprint density at radius 3 is 2.68 bits per heavy atom. The lowest BCUT2D eigenvalue weighted by atomic mass is 10.1. The van der Waals surface area contributed by atoms with Crippen molar-refractivity contribution in [2.45, 2.75) is 13.5 Å². The minimum atomic E-state index is -0.198. The summed E-state index contributed by atoms with van der Waals surface area (Å²) in [7, 11) is 0. The van der Waals surface area contributed by atoms with Crippen molar-refractivity contribution < 1.29 is 4.79 Å². The molecule has 5 aromatic rings. The summed E-state index contributed by atoms with van der Waals surface area (Å²) in [6.45, 7) is 2.68. The number of hydrogen-bond acceptors (Lipinski definition) is 5. The molecular formula is C24H19N5OS. The van der Waals surface area contributed by atoms with Gasteiger partial charge in [0.15, 0.2) is 5.65 Å². The topological polar surface area (TPSA) is 72.7 Å². The zero-order valence-corrected chi connectivity index (χ0v) is 17.6. The first-order chi connectivity index (χ1) is 15.2. The minimum Gasteiger partial charge on any atom is -0.322 e. The van der Waals surface area contributed by atoms with E-state index in [1.165, 1.54) is 0 Å². The van der Waals surface area contributed by atoms with Crippen LogP contribution >= 0.6 is 11.3 Å². The molecule has 1 amide bonds. The maximum atomic E-state index is 13.3. The van der Waals surface area contributed by atoms with Crippen molar-refractivity contribution >= 4 is 34.0 Å². The van der Waals surface area contributed by atoms with E-state index in [9.17, 15) is 4.79 Å². The highest BCUT2D eigenvalue weighted by Gasteiger charge is 2.17. The molecule has 0 atom stereocenters. The fourth-order valence-electron chi connectivity index (χ4n) is 3.52. The van der Waals surface area contributed by atoms with Gasteiger partial charge in [0.2, 0.25) is 0 Å². The van der Waals surface area contributed by atoms with Crippen molar-refractivity contribution in [2.24, 2.45) is 0 Å². The van der Waals surface area contributed by atoms with Crippen LogP contribution in [-0.4, -0.2) is 25.7 Å². The number of benzene rings is 2. The molecule has 0 fully saturated rings. The van der Waals surface area contributed by atoms with Gasteiger partial charge in [-0.3, -0.25) is 4.79 Å². The Kier molecular flexibility index (Phi) is 5.01. The molecule has 0 bridgehead atoms. The van der Waals surface area contributed by atoms with Gasteiger partial charge >= 0.3 is 0 Å². The Labute approximate surface area is 183 Å². The summed E-state index contributed by atoms with van der Waals surface area (Å²) in [4.78, 5) is 22.5. The van der Waals surface area contributed by atoms with Crippen LogP contribution in [0.2, 0.25) is 0 Å². The van der Waals surface area contributed by atoms with Crippen LogP contribution in [0.5, 0.6) is 0 Å². The van der Waals surface area contributed by atoms with Crippen LogP contribution in [0, 0.1) is 0 Å². The molecule has 0 aliphatic heterocycles. The van der Waals surface area contributed by atoms with Crippen LogP contribution in [0.25, 0.3) is 32.9 Å². The highest BCUT2D eigenvalue weighted by Crippen LogP contribution is 2.27. The second kappa shape index (κ2) is 8.12. The van der Waals surface area contributed by atoms with Crippen LogP contribution in [0.3, 0.4) is 0 Å². The van der Waals surface area contributed by atoms with Gasteiger partial charge in [-0.2, -0.15) is 5.10 Å². The average Bonchev–Trinajstić information content (AvgIpc) is 3.49. The normalized spacial score (nSPS) is 11.0. The Morgan fingerprint density at radius 2 is 1.90 bits per heavy atom. The fraction of sp³-hybridized carbons (Fsp3) is 0.0833. The first-order valence-electron chi connectivity index (χ1n) is 9.96. The third-order valence-electron chi connectivity index (χ3n) is 5.02. The van der Waals surface area contributed by atoms with E-state index in [4.69, 9.17) is 4.98 Å². The van der Waals surface area contributed by atoms with Gasteiger partial charge in [0.05, 0.1) is 22.8 Å². The molecule has 3 aromatic heterocycles. The van der Waals surface area contributed by atoms with Crippen LogP contribution in [0.1, 0.15) is 17.3 Å². The van der Waals surface area contributed by atoms with Crippen molar-refractivity contribution in [1.29, 1.82) is 0 Å². The van der Waals surface area contributed by atoms with Gasteiger partial charge in [0.25, 0.3) is 5.91 Å². The number of carbonyl (C=O) groups is 1. The SMILES string of the molecule is CCn1ncc2c(C(=O)Nc3cccc(-c4nccs4)c3)cc(-c3ccccc3)nc21. The van der Waals surface area contributed by atoms with Crippen LogP contribution in [-0.2, 0) is 6.54 Å². The Balaban J connectivity index is 1.55. The van der Waals surface area contributed by atoms with Gasteiger partial charge in [-0.25, -0.2) is 14.6 Å². The summed E-state index contributed by atoms with van der Waals surface area (Å²) in [5, 5.41) is 11.0. The summed E-state index contributed by atoms with van der Waals surface area (Å²) in [5.41, 5.74) is 4.62. The van der Waals surface area contributed by atoms with Crippen LogP contribution in [0.4, 0.5) is 5.69 Å². The van der Waals surface area contributed by atoms with Crippen LogP contribution < -0.4 is 5.32 Å². The first-order valence-corrected chi connectivity index (χ1v) is 10.8. The molecule has 0 saturated heterocycles. The summed E-state index contributed by atoms with van der Waals surface area (Å²) in [5.74, 6) is -0.198. The summed E-state index contributed by atoms with van der Waals surface area (Å²) >= 11 is 1.56. The summed E-state index contributed by atoms with van der Waals surface area (Å²) in [6.07, 6.45) is 3.48. The van der Waals surface area contributed by atoms with E-state index >= 15 is 0 Å². The molecule has 0 aliphatic carbocycles. The highest BCUT2D eigenvalue weighted by atomic mass is 32.1. The third-order valence-corrected chi connectivity index (χ3v) is 5.84. The van der Waals surface area contributed by atoms with Crippen molar-refractivity contribution in [3.8, 4) is 21.8 Å². The monoisotopic (exact) mass is 425 g/mol. The minimum absolute atomic E-state index is 0.198. The number of fused-ring (bicyclic) bond motifs is 1. The molecule has 0 unspecified atom stereocenters. The molecule has 0 radical (unpaired) electrons. The average molecular weight is 426 g/mol. The number of anilines is 1. The zero-order chi connectivity index (χ0) is 21.2. The number of aryl methyl sites for hydroxylation is 1. The second-order valence-electron chi connectivity index (χ2n) is 6.99. The summed E-state index contributed by atoms with van der Waals surface area (Å²) < 4.78 is 1.81.